The summed E-state index contributed by atoms with van der Waals surface area (Å²) in [7, 11) is 3.71. The molecule has 0 atom stereocenters. The minimum absolute atomic E-state index is 0. The van der Waals surface area contributed by atoms with Crippen LogP contribution in [0.4, 0.5) is 0 Å². The molecule has 0 spiro atoms. The second kappa shape index (κ2) is 8.58. The summed E-state index contributed by atoms with van der Waals surface area (Å²) >= 11 is 0. The molecule has 0 radical (unpaired) electrons. The van der Waals surface area contributed by atoms with Gasteiger partial charge in [0.15, 0.2) is 5.96 Å². The molecule has 0 unspecified atom stereocenters. The van der Waals surface area contributed by atoms with Gasteiger partial charge in [-0.25, -0.2) is 0 Å². The summed E-state index contributed by atoms with van der Waals surface area (Å²) in [5.41, 5.74) is 3.10. The van der Waals surface area contributed by atoms with Crippen LogP contribution in [0.1, 0.15) is 44.6 Å². The van der Waals surface area contributed by atoms with E-state index in [2.05, 4.69) is 50.0 Å². The number of piperazine rings is 1. The van der Waals surface area contributed by atoms with Gasteiger partial charge in [0, 0.05) is 44.5 Å². The van der Waals surface area contributed by atoms with Crippen molar-refractivity contribution in [1.29, 1.82) is 0 Å². The Bertz CT molecular complexity index is 679. The van der Waals surface area contributed by atoms with Crippen molar-refractivity contribution in [2.75, 3.05) is 20.1 Å². The number of amides is 1. The lowest BCUT2D eigenvalue weighted by Crippen LogP contribution is -2.66. The summed E-state index contributed by atoms with van der Waals surface area (Å²) in [5.74, 6) is 0.899. The average molecular weight is 476 g/mol. The van der Waals surface area contributed by atoms with Gasteiger partial charge in [-0.1, -0.05) is 0 Å². The monoisotopic (exact) mass is 476 g/mol. The number of carbonyl (C=O) groups excluding carboxylic acids is 1. The van der Waals surface area contributed by atoms with Crippen molar-refractivity contribution in [3.05, 3.63) is 17.0 Å². The van der Waals surface area contributed by atoms with Gasteiger partial charge in [0.2, 0.25) is 5.91 Å². The normalized spacial score (nSPS) is 17.6. The molecular weight excluding hydrogens is 443 g/mol. The van der Waals surface area contributed by atoms with Gasteiger partial charge in [-0.3, -0.25) is 14.5 Å². The highest BCUT2D eigenvalue weighted by Crippen LogP contribution is 2.24. The Balaban J connectivity index is 0.00000338. The summed E-state index contributed by atoms with van der Waals surface area (Å²) in [4.78, 5) is 21.1. The largest absolute Gasteiger partial charge is 0.352 e. The van der Waals surface area contributed by atoms with Crippen LogP contribution in [0.2, 0.25) is 0 Å². The van der Waals surface area contributed by atoms with Gasteiger partial charge in [0.1, 0.15) is 0 Å². The third-order valence-corrected chi connectivity index (χ3v) is 4.93. The van der Waals surface area contributed by atoms with E-state index in [-0.39, 0.29) is 41.5 Å². The van der Waals surface area contributed by atoms with E-state index in [1.165, 1.54) is 5.56 Å². The maximum absolute atomic E-state index is 12.7. The van der Waals surface area contributed by atoms with Gasteiger partial charge in [0.25, 0.3) is 0 Å². The molecule has 2 heterocycles. The molecule has 1 amide bonds. The van der Waals surface area contributed by atoms with E-state index >= 15 is 0 Å². The smallest absolute Gasteiger partial charge is 0.242 e. The van der Waals surface area contributed by atoms with E-state index < -0.39 is 0 Å². The van der Waals surface area contributed by atoms with Crippen LogP contribution in [-0.2, 0) is 18.4 Å². The fourth-order valence-corrected chi connectivity index (χ4v) is 3.89. The second-order valence-electron chi connectivity index (χ2n) is 7.70. The number of aromatic nitrogens is 2. The van der Waals surface area contributed by atoms with Crippen molar-refractivity contribution >= 4 is 35.8 Å². The highest BCUT2D eigenvalue weighted by Gasteiger charge is 2.40. The summed E-state index contributed by atoms with van der Waals surface area (Å²) in [5, 5.41) is 7.86. The Morgan fingerprint density at radius 2 is 1.96 bits per heavy atom. The first-order valence-corrected chi connectivity index (χ1v) is 8.85. The Morgan fingerprint density at radius 1 is 1.35 bits per heavy atom. The van der Waals surface area contributed by atoms with Crippen LogP contribution in [0.25, 0.3) is 0 Å². The first-order valence-electron chi connectivity index (χ1n) is 8.85. The molecule has 0 aliphatic carbocycles. The van der Waals surface area contributed by atoms with Gasteiger partial charge in [-0.05, 0) is 41.5 Å². The van der Waals surface area contributed by atoms with Crippen LogP contribution in [0.3, 0.4) is 0 Å². The number of hydrogen-bond acceptors (Lipinski definition) is 3. The van der Waals surface area contributed by atoms with Crippen molar-refractivity contribution in [3.8, 4) is 0 Å². The number of nitrogens with zero attached hydrogens (tertiary/aromatic N) is 5. The van der Waals surface area contributed by atoms with E-state index in [9.17, 15) is 4.79 Å². The third-order valence-electron chi connectivity index (χ3n) is 4.93. The molecule has 1 aromatic rings. The first kappa shape index (κ1) is 22.7. The van der Waals surface area contributed by atoms with E-state index in [1.807, 2.05) is 28.5 Å². The summed E-state index contributed by atoms with van der Waals surface area (Å²) in [6.07, 6.45) is 0. The molecule has 1 aliphatic rings. The first-order chi connectivity index (χ1) is 11.6. The third kappa shape index (κ3) is 4.50. The highest BCUT2D eigenvalue weighted by molar-refractivity contribution is 14.0. The molecule has 1 N–H and O–H groups in total. The topological polar surface area (TPSA) is 65.8 Å². The number of nitrogens with one attached hydrogen (secondary N) is 1. The van der Waals surface area contributed by atoms with Gasteiger partial charge >= 0.3 is 0 Å². The molecule has 1 aromatic heterocycles. The molecule has 2 rings (SSSR count). The van der Waals surface area contributed by atoms with Gasteiger partial charge in [-0.15, -0.1) is 24.0 Å². The van der Waals surface area contributed by atoms with Gasteiger partial charge < -0.3 is 15.1 Å². The van der Waals surface area contributed by atoms with Crippen molar-refractivity contribution < 1.29 is 4.79 Å². The molecular formula is C18H33IN6O. The van der Waals surface area contributed by atoms with Crippen LogP contribution in [0.15, 0.2) is 4.99 Å². The van der Waals surface area contributed by atoms with Crippen LogP contribution < -0.4 is 5.32 Å². The van der Waals surface area contributed by atoms with Crippen LogP contribution >= 0.6 is 24.0 Å². The molecule has 0 saturated carbocycles. The SMILES string of the molecule is CN=C(NCc1c(C)nn(C)c1C)N1CC(=O)N(C(C)C)C(C)(C)C1.I. The van der Waals surface area contributed by atoms with E-state index in [0.29, 0.717) is 13.1 Å². The number of carbonyl (C=O) groups is 1. The van der Waals surface area contributed by atoms with E-state index in [4.69, 9.17) is 0 Å². The summed E-state index contributed by atoms with van der Waals surface area (Å²) in [6.45, 7) is 14.2. The molecule has 148 valence electrons. The van der Waals surface area contributed by atoms with Crippen LogP contribution in [0, 0.1) is 13.8 Å². The predicted octanol–water partition coefficient (Wildman–Crippen LogP) is 2.06. The van der Waals surface area contributed by atoms with Crippen molar-refractivity contribution in [1.82, 2.24) is 24.9 Å². The quantitative estimate of drug-likeness (QED) is 0.412. The van der Waals surface area contributed by atoms with Crippen LogP contribution in [-0.4, -0.2) is 63.2 Å². The zero-order valence-corrected chi connectivity index (χ0v) is 19.6. The Labute approximate surface area is 174 Å². The fraction of sp³-hybridized carbons (Fsp3) is 0.722. The fourth-order valence-electron chi connectivity index (χ4n) is 3.89. The molecule has 8 heteroatoms. The lowest BCUT2D eigenvalue weighted by molar-refractivity contribution is -0.145. The molecule has 1 fully saturated rings. The number of hydrogen-bond donors (Lipinski definition) is 1. The minimum atomic E-state index is -0.235. The predicted molar refractivity (Wildman–Crippen MR) is 116 cm³/mol. The zero-order chi connectivity index (χ0) is 18.9. The van der Waals surface area contributed by atoms with Crippen molar-refractivity contribution in [2.45, 2.75) is 59.7 Å². The van der Waals surface area contributed by atoms with Crippen molar-refractivity contribution in [3.63, 3.8) is 0 Å². The summed E-state index contributed by atoms with van der Waals surface area (Å²) in [6, 6.07) is 0.195. The number of aliphatic imine (C=N–C) groups is 1. The Kier molecular flexibility index (Phi) is 7.50. The highest BCUT2D eigenvalue weighted by atomic mass is 127. The Hall–Kier alpha value is -1.32. The lowest BCUT2D eigenvalue weighted by atomic mass is 9.96. The molecule has 26 heavy (non-hydrogen) atoms. The van der Waals surface area contributed by atoms with Crippen LogP contribution in [0.5, 0.6) is 0 Å². The maximum atomic E-state index is 12.7. The second-order valence-corrected chi connectivity index (χ2v) is 7.70. The molecule has 0 bridgehead atoms. The number of halogens is 1. The van der Waals surface area contributed by atoms with Gasteiger partial charge in [0.05, 0.1) is 17.8 Å². The van der Waals surface area contributed by atoms with Crippen molar-refractivity contribution in [2.24, 2.45) is 12.0 Å². The zero-order valence-electron chi connectivity index (χ0n) is 17.3. The van der Waals surface area contributed by atoms with E-state index in [1.54, 1.807) is 7.05 Å². The maximum Gasteiger partial charge on any atom is 0.242 e. The average Bonchev–Trinajstić information content (AvgIpc) is 2.71. The molecule has 0 aromatic carbocycles. The minimum Gasteiger partial charge on any atom is -0.352 e. The molecule has 1 saturated heterocycles. The lowest BCUT2D eigenvalue weighted by Gasteiger charge is -2.49. The number of aryl methyl sites for hydroxylation is 2. The van der Waals surface area contributed by atoms with Gasteiger partial charge in [-0.2, -0.15) is 5.10 Å². The standard InChI is InChI=1S/C18H32N6O.HI/c1-12(2)24-16(25)10-23(11-18(24,5)6)17(19-7)20-9-15-13(3)21-22(8)14(15)4;/h12H,9-11H2,1-8H3,(H,19,20);1H. The number of guanidine groups is 1. The molecule has 1 aliphatic heterocycles. The summed E-state index contributed by atoms with van der Waals surface area (Å²) < 4.78 is 1.89. The molecule has 7 nitrogen and oxygen atoms in total. The Morgan fingerprint density at radius 3 is 2.38 bits per heavy atom. The number of rotatable bonds is 3. The van der Waals surface area contributed by atoms with E-state index in [0.717, 1.165) is 23.9 Å².